The molecule has 0 saturated carbocycles. The fourth-order valence-electron chi connectivity index (χ4n) is 1.63. The molecule has 6 heteroatoms. The van der Waals surface area contributed by atoms with Gasteiger partial charge in [-0.2, -0.15) is 0 Å². The van der Waals surface area contributed by atoms with Crippen LogP contribution in [0, 0.1) is 12.3 Å². The van der Waals surface area contributed by atoms with Crippen molar-refractivity contribution in [1.82, 2.24) is 9.94 Å². The highest BCUT2D eigenvalue weighted by Gasteiger charge is 2.12. The minimum Gasteiger partial charge on any atom is -0.472 e. The summed E-state index contributed by atoms with van der Waals surface area (Å²) in [5.74, 6) is 2.10. The van der Waals surface area contributed by atoms with Crippen molar-refractivity contribution in [2.75, 3.05) is 0 Å². The molecule has 1 aromatic heterocycles. The fraction of sp³-hybridized carbons (Fsp3) is 0.0769. The van der Waals surface area contributed by atoms with E-state index < -0.39 is 5.91 Å². The van der Waals surface area contributed by atoms with Crippen LogP contribution in [0.15, 0.2) is 30.5 Å². The maximum atomic E-state index is 11.3. The Labute approximate surface area is 109 Å². The van der Waals surface area contributed by atoms with E-state index in [4.69, 9.17) is 22.1 Å². The molecule has 96 valence electrons. The van der Waals surface area contributed by atoms with Crippen LogP contribution < -0.4 is 10.5 Å². The second-order valence-electron chi connectivity index (χ2n) is 3.70. The van der Waals surface area contributed by atoms with Gasteiger partial charge in [-0.25, -0.2) is 0 Å². The van der Waals surface area contributed by atoms with Crippen LogP contribution in [0.1, 0.15) is 21.5 Å². The summed E-state index contributed by atoms with van der Waals surface area (Å²) >= 11 is 0. The van der Waals surface area contributed by atoms with Gasteiger partial charge in [-0.3, -0.25) is 4.79 Å². The van der Waals surface area contributed by atoms with E-state index >= 15 is 0 Å². The number of carbonyl (C=O) groups excluding carboxylic acids is 1. The fourth-order valence-corrected chi connectivity index (χ4v) is 1.63. The molecular weight excluding hydrogens is 246 g/mol. The largest absolute Gasteiger partial charge is 0.472 e. The molecule has 0 spiro atoms. The van der Waals surface area contributed by atoms with Gasteiger partial charge in [0, 0.05) is 22.8 Å². The molecule has 0 fully saturated rings. The summed E-state index contributed by atoms with van der Waals surface area (Å²) in [4.78, 5) is 12.0. The Balaban J connectivity index is 2.28. The quantitative estimate of drug-likeness (QED) is 0.625. The Hall–Kier alpha value is -2.94. The number of amides is 1. The second-order valence-corrected chi connectivity index (χ2v) is 3.70. The minimum atomic E-state index is -0.580. The van der Waals surface area contributed by atoms with E-state index in [-0.39, 0.29) is 12.5 Å². The van der Waals surface area contributed by atoms with Crippen molar-refractivity contribution in [2.45, 2.75) is 6.61 Å². The summed E-state index contributed by atoms with van der Waals surface area (Å²) in [6.07, 6.45) is 6.69. The first kappa shape index (κ1) is 12.5. The molecule has 1 heterocycles. The highest BCUT2D eigenvalue weighted by Crippen LogP contribution is 2.17. The number of rotatable bonds is 4. The Kier molecular flexibility index (Phi) is 3.39. The summed E-state index contributed by atoms with van der Waals surface area (Å²) in [5, 5.41) is 12.7. The molecule has 0 aliphatic carbocycles. The van der Waals surface area contributed by atoms with Crippen LogP contribution in [-0.4, -0.2) is 21.1 Å². The predicted octanol–water partition coefficient (Wildman–Crippen LogP) is 0.780. The summed E-state index contributed by atoms with van der Waals surface area (Å²) in [7, 11) is 0. The van der Waals surface area contributed by atoms with E-state index in [0.29, 0.717) is 21.5 Å². The summed E-state index contributed by atoms with van der Waals surface area (Å²) in [6.45, 7) is 0.0374. The summed E-state index contributed by atoms with van der Waals surface area (Å²) < 4.78 is 5.35. The van der Waals surface area contributed by atoms with Crippen LogP contribution in [0.2, 0.25) is 0 Å². The molecule has 2 aromatic rings. The smallest absolute Gasteiger partial charge is 0.249 e. The highest BCUT2D eigenvalue weighted by atomic mass is 16.5. The van der Waals surface area contributed by atoms with Gasteiger partial charge < -0.3 is 15.7 Å². The molecule has 2 rings (SSSR count). The Morgan fingerprint density at radius 3 is 2.89 bits per heavy atom. The Bertz CT molecular complexity index is 655. The SMILES string of the molecule is C#Cc1cccc(C(N)=O)c1COc1ccn(O)n1. The maximum absolute atomic E-state index is 11.3. The highest BCUT2D eigenvalue weighted by molar-refractivity contribution is 5.94. The van der Waals surface area contributed by atoms with Gasteiger partial charge in [0.25, 0.3) is 0 Å². The molecule has 6 nitrogen and oxygen atoms in total. The third kappa shape index (κ3) is 2.66. The zero-order valence-electron chi connectivity index (χ0n) is 9.91. The molecule has 0 saturated heterocycles. The van der Waals surface area contributed by atoms with Crippen molar-refractivity contribution < 1.29 is 14.7 Å². The van der Waals surface area contributed by atoms with Crippen molar-refractivity contribution in [3.8, 4) is 18.2 Å². The molecule has 1 amide bonds. The van der Waals surface area contributed by atoms with Crippen LogP contribution in [0.4, 0.5) is 0 Å². The van der Waals surface area contributed by atoms with Crippen LogP contribution in [0.3, 0.4) is 0 Å². The number of ether oxygens (including phenoxy) is 1. The number of terminal acetylenes is 1. The monoisotopic (exact) mass is 257 g/mol. The van der Waals surface area contributed by atoms with Gasteiger partial charge in [-0.05, 0) is 12.1 Å². The van der Waals surface area contributed by atoms with Crippen LogP contribution in [0.5, 0.6) is 5.88 Å². The lowest BCUT2D eigenvalue weighted by molar-refractivity contribution is 0.0997. The molecular formula is C13H11N3O3. The molecule has 0 aliphatic heterocycles. The number of hydrogen-bond donors (Lipinski definition) is 2. The minimum absolute atomic E-state index is 0.0374. The topological polar surface area (TPSA) is 90.4 Å². The van der Waals surface area contributed by atoms with Crippen molar-refractivity contribution in [3.63, 3.8) is 0 Å². The average Bonchev–Trinajstić information content (AvgIpc) is 2.81. The van der Waals surface area contributed by atoms with Crippen LogP contribution in [0.25, 0.3) is 0 Å². The van der Waals surface area contributed by atoms with Crippen molar-refractivity contribution in [1.29, 1.82) is 0 Å². The Morgan fingerprint density at radius 1 is 1.53 bits per heavy atom. The molecule has 0 aliphatic rings. The molecule has 0 unspecified atom stereocenters. The standard InChI is InChI=1S/C13H11N3O3/c1-2-9-4-3-5-10(13(14)17)11(9)8-19-12-6-7-16(18)15-12/h1,3-7,18H,8H2,(H2,14,17). The molecule has 0 radical (unpaired) electrons. The maximum Gasteiger partial charge on any atom is 0.249 e. The van der Waals surface area contributed by atoms with E-state index in [1.54, 1.807) is 18.2 Å². The first-order valence-electron chi connectivity index (χ1n) is 5.38. The van der Waals surface area contributed by atoms with Crippen LogP contribution >= 0.6 is 0 Å². The van der Waals surface area contributed by atoms with E-state index in [0.717, 1.165) is 0 Å². The lowest BCUT2D eigenvalue weighted by Crippen LogP contribution is -2.16. The lowest BCUT2D eigenvalue weighted by Gasteiger charge is -2.09. The number of hydrogen-bond acceptors (Lipinski definition) is 4. The van der Waals surface area contributed by atoms with Gasteiger partial charge in [0.05, 0.1) is 6.20 Å². The number of nitrogens with zero attached hydrogens (tertiary/aromatic N) is 2. The average molecular weight is 257 g/mol. The molecule has 0 bridgehead atoms. The van der Waals surface area contributed by atoms with Gasteiger partial charge in [-0.1, -0.05) is 17.1 Å². The zero-order valence-corrected chi connectivity index (χ0v) is 9.91. The van der Waals surface area contributed by atoms with Crippen molar-refractivity contribution >= 4 is 5.91 Å². The zero-order chi connectivity index (χ0) is 13.8. The van der Waals surface area contributed by atoms with E-state index in [9.17, 15) is 4.79 Å². The number of benzene rings is 1. The third-order valence-electron chi connectivity index (χ3n) is 2.51. The number of carbonyl (C=O) groups is 1. The van der Waals surface area contributed by atoms with Gasteiger partial charge in [0.15, 0.2) is 0 Å². The lowest BCUT2D eigenvalue weighted by atomic mass is 10.0. The molecule has 19 heavy (non-hydrogen) atoms. The first-order chi connectivity index (χ1) is 9.11. The van der Waals surface area contributed by atoms with Crippen molar-refractivity contribution in [3.05, 3.63) is 47.2 Å². The third-order valence-corrected chi connectivity index (χ3v) is 2.51. The van der Waals surface area contributed by atoms with Gasteiger partial charge >= 0.3 is 0 Å². The summed E-state index contributed by atoms with van der Waals surface area (Å²) in [5.41, 5.74) is 6.64. The van der Waals surface area contributed by atoms with Gasteiger partial charge in [-0.15, -0.1) is 11.3 Å². The second kappa shape index (κ2) is 5.14. The molecule has 0 atom stereocenters. The molecule has 3 N–H and O–H groups in total. The van der Waals surface area contributed by atoms with E-state index in [1.807, 2.05) is 0 Å². The normalized spacial score (nSPS) is 9.84. The van der Waals surface area contributed by atoms with Gasteiger partial charge in [0.2, 0.25) is 11.8 Å². The van der Waals surface area contributed by atoms with E-state index in [1.165, 1.54) is 12.3 Å². The van der Waals surface area contributed by atoms with Crippen molar-refractivity contribution in [2.24, 2.45) is 5.73 Å². The molecule has 1 aromatic carbocycles. The van der Waals surface area contributed by atoms with E-state index in [2.05, 4.69) is 11.0 Å². The number of nitrogens with two attached hydrogens (primary N) is 1. The summed E-state index contributed by atoms with van der Waals surface area (Å²) in [6, 6.07) is 6.39. The first-order valence-corrected chi connectivity index (χ1v) is 5.38. The predicted molar refractivity (Wildman–Crippen MR) is 66.6 cm³/mol. The van der Waals surface area contributed by atoms with Gasteiger partial charge in [0.1, 0.15) is 6.61 Å². The Morgan fingerprint density at radius 2 is 2.32 bits per heavy atom. The number of primary amides is 1. The van der Waals surface area contributed by atoms with Crippen LogP contribution in [-0.2, 0) is 6.61 Å². The number of aromatic nitrogens is 2.